The number of carbonyl (C=O) groups is 2. The molecule has 0 spiro atoms. The molecule has 0 unspecified atom stereocenters. The molecule has 2 aromatic rings. The largest absolute Gasteiger partial charge is 0.360 e. The number of aromatic amines is 1. The van der Waals surface area contributed by atoms with Gasteiger partial charge in [-0.2, -0.15) is 0 Å². The molecular weight excluding hydrogens is 263 g/mol. The Labute approximate surface area is 124 Å². The van der Waals surface area contributed by atoms with E-state index in [1.807, 2.05) is 24.3 Å². The number of hydrogen-bond acceptors (Lipinski definition) is 2. The number of amides is 1. The summed E-state index contributed by atoms with van der Waals surface area (Å²) < 4.78 is 0. The number of likely N-dealkylation sites (tertiary alicyclic amines) is 1. The summed E-state index contributed by atoms with van der Waals surface area (Å²) in [6.45, 7) is 3.58. The number of H-pyrrole nitrogens is 1. The third-order valence-electron chi connectivity index (χ3n) is 4.51. The summed E-state index contributed by atoms with van der Waals surface area (Å²) in [5, 5.41) is 0.819. The Balaban J connectivity index is 1.77. The van der Waals surface area contributed by atoms with E-state index in [0.717, 1.165) is 31.0 Å². The van der Waals surface area contributed by atoms with E-state index in [2.05, 4.69) is 11.8 Å². The molecule has 21 heavy (non-hydrogen) atoms. The molecule has 0 bridgehead atoms. The van der Waals surface area contributed by atoms with E-state index in [1.54, 1.807) is 11.1 Å². The molecule has 1 N–H and O–H groups in total. The van der Waals surface area contributed by atoms with Crippen molar-refractivity contribution in [2.75, 3.05) is 13.1 Å². The number of nitrogens with one attached hydrogen (secondary N) is 1. The average Bonchev–Trinajstić information content (AvgIpc) is 2.97. The first-order chi connectivity index (χ1) is 10.2. The summed E-state index contributed by atoms with van der Waals surface area (Å²) in [7, 11) is 1.15. The predicted octanol–water partition coefficient (Wildman–Crippen LogP) is 2.25. The Hall–Kier alpha value is -2.04. The molecule has 1 aromatic carbocycles. The Morgan fingerprint density at radius 1 is 1.24 bits per heavy atom. The second kappa shape index (κ2) is 5.76. The molecule has 1 aromatic heterocycles. The minimum Gasteiger partial charge on any atom is -0.360 e. The van der Waals surface area contributed by atoms with Gasteiger partial charge in [-0.05, 0) is 18.9 Å². The number of Topliss-reactive ketones (excluding diaryl/α,β-unsaturated/α-hetero) is 1. The lowest BCUT2D eigenvalue weighted by atomic mass is 9.63. The summed E-state index contributed by atoms with van der Waals surface area (Å²) in [6.07, 6.45) is 3.65. The van der Waals surface area contributed by atoms with Gasteiger partial charge in [0.1, 0.15) is 7.28 Å². The van der Waals surface area contributed by atoms with Gasteiger partial charge in [0.25, 0.3) is 11.7 Å². The molecule has 1 aliphatic rings. The molecule has 4 nitrogen and oxygen atoms in total. The van der Waals surface area contributed by atoms with Crippen LogP contribution in [-0.2, 0) is 4.79 Å². The van der Waals surface area contributed by atoms with E-state index >= 15 is 0 Å². The van der Waals surface area contributed by atoms with Crippen molar-refractivity contribution in [3.63, 3.8) is 0 Å². The third kappa shape index (κ3) is 2.60. The van der Waals surface area contributed by atoms with Gasteiger partial charge in [0.05, 0.1) is 5.56 Å². The van der Waals surface area contributed by atoms with Crippen LogP contribution >= 0.6 is 0 Å². The van der Waals surface area contributed by atoms with Crippen molar-refractivity contribution in [3.05, 3.63) is 36.0 Å². The van der Waals surface area contributed by atoms with Crippen LogP contribution in [-0.4, -0.2) is 41.9 Å². The van der Waals surface area contributed by atoms with Crippen LogP contribution in [0.25, 0.3) is 10.9 Å². The fourth-order valence-corrected chi connectivity index (χ4v) is 3.06. The smallest absolute Gasteiger partial charge is 0.295 e. The van der Waals surface area contributed by atoms with Gasteiger partial charge in [-0.25, -0.2) is 0 Å². The standard InChI is InChI=1S/C16H19BN2O2/c1-17-11-6-8-19(9-7-11)16(21)15(20)13-10-18-14-5-3-2-4-12(13)14/h2-5,10-11,17-18H,6-9H2,1H3. The molecular formula is C16H19BN2O2. The van der Waals surface area contributed by atoms with Crippen molar-refractivity contribution in [1.82, 2.24) is 9.88 Å². The topological polar surface area (TPSA) is 53.2 Å². The van der Waals surface area contributed by atoms with Crippen molar-refractivity contribution < 1.29 is 9.59 Å². The number of hydrogen-bond donors (Lipinski definition) is 1. The molecule has 1 saturated heterocycles. The lowest BCUT2D eigenvalue weighted by molar-refractivity contribution is -0.127. The van der Waals surface area contributed by atoms with Crippen molar-refractivity contribution in [2.45, 2.75) is 25.5 Å². The molecule has 0 saturated carbocycles. The number of para-hydroxylation sites is 1. The third-order valence-corrected chi connectivity index (χ3v) is 4.51. The number of piperidine rings is 1. The van der Waals surface area contributed by atoms with Crippen molar-refractivity contribution in [2.24, 2.45) is 0 Å². The van der Waals surface area contributed by atoms with Crippen LogP contribution in [0.1, 0.15) is 23.2 Å². The molecule has 0 aliphatic carbocycles. The van der Waals surface area contributed by atoms with Gasteiger partial charge in [-0.1, -0.05) is 30.8 Å². The maximum atomic E-state index is 12.5. The highest BCUT2D eigenvalue weighted by Crippen LogP contribution is 2.23. The fraction of sp³-hybridized carbons (Fsp3) is 0.375. The monoisotopic (exact) mass is 282 g/mol. The highest BCUT2D eigenvalue weighted by atomic mass is 16.2. The zero-order valence-corrected chi connectivity index (χ0v) is 12.3. The molecule has 3 rings (SSSR count). The van der Waals surface area contributed by atoms with Crippen LogP contribution < -0.4 is 0 Å². The molecule has 0 atom stereocenters. The number of benzene rings is 1. The van der Waals surface area contributed by atoms with Gasteiger partial charge in [-0.15, -0.1) is 0 Å². The van der Waals surface area contributed by atoms with Crippen LogP contribution in [0.4, 0.5) is 0 Å². The highest BCUT2D eigenvalue weighted by molar-refractivity contribution is 6.45. The van der Waals surface area contributed by atoms with Gasteiger partial charge in [0.15, 0.2) is 0 Å². The van der Waals surface area contributed by atoms with Crippen LogP contribution in [0.5, 0.6) is 0 Å². The maximum Gasteiger partial charge on any atom is 0.295 e. The van der Waals surface area contributed by atoms with E-state index in [1.165, 1.54) is 0 Å². The van der Waals surface area contributed by atoms with E-state index in [0.29, 0.717) is 24.5 Å². The first kappa shape index (κ1) is 13.9. The van der Waals surface area contributed by atoms with Crippen molar-refractivity contribution in [1.29, 1.82) is 0 Å². The van der Waals surface area contributed by atoms with E-state index in [4.69, 9.17) is 0 Å². The first-order valence-electron chi connectivity index (χ1n) is 7.60. The van der Waals surface area contributed by atoms with Crippen LogP contribution in [0.2, 0.25) is 12.6 Å². The fourth-order valence-electron chi connectivity index (χ4n) is 3.06. The van der Waals surface area contributed by atoms with Crippen molar-refractivity contribution >= 4 is 29.9 Å². The van der Waals surface area contributed by atoms with E-state index < -0.39 is 5.78 Å². The second-order valence-corrected chi connectivity index (χ2v) is 5.72. The Morgan fingerprint density at radius 2 is 1.95 bits per heavy atom. The lowest BCUT2D eigenvalue weighted by Gasteiger charge is -2.30. The van der Waals surface area contributed by atoms with E-state index in [9.17, 15) is 9.59 Å². The summed E-state index contributed by atoms with van der Waals surface area (Å²) in [5.74, 6) is -0.0751. The SMILES string of the molecule is CBC1CCN(C(=O)C(=O)c2c[nH]c3ccccc23)CC1. The number of ketones is 1. The van der Waals surface area contributed by atoms with Crippen LogP contribution in [0, 0.1) is 0 Å². The summed E-state index contributed by atoms with van der Waals surface area (Å²) in [6, 6.07) is 7.56. The molecule has 2 heterocycles. The lowest BCUT2D eigenvalue weighted by Crippen LogP contribution is -2.41. The zero-order valence-electron chi connectivity index (χ0n) is 12.3. The molecule has 0 radical (unpaired) electrons. The number of carbonyl (C=O) groups excluding carboxylic acids is 2. The average molecular weight is 282 g/mol. The molecule has 108 valence electrons. The molecule has 1 aliphatic heterocycles. The van der Waals surface area contributed by atoms with Gasteiger partial charge in [-0.3, -0.25) is 9.59 Å². The number of rotatable bonds is 3. The normalized spacial score (nSPS) is 16.1. The maximum absolute atomic E-state index is 12.5. The minimum atomic E-state index is -0.401. The van der Waals surface area contributed by atoms with E-state index in [-0.39, 0.29) is 5.91 Å². The van der Waals surface area contributed by atoms with Gasteiger partial charge in [0.2, 0.25) is 0 Å². The van der Waals surface area contributed by atoms with Gasteiger partial charge >= 0.3 is 0 Å². The molecule has 1 fully saturated rings. The highest BCUT2D eigenvalue weighted by Gasteiger charge is 2.28. The number of fused-ring (bicyclic) bond motifs is 1. The molecule has 5 heteroatoms. The predicted molar refractivity (Wildman–Crippen MR) is 85.2 cm³/mol. The first-order valence-corrected chi connectivity index (χ1v) is 7.60. The summed E-state index contributed by atoms with van der Waals surface area (Å²) in [4.78, 5) is 29.6. The number of aromatic nitrogens is 1. The minimum absolute atomic E-state index is 0.366. The summed E-state index contributed by atoms with van der Waals surface area (Å²) in [5.41, 5.74) is 1.37. The second-order valence-electron chi connectivity index (χ2n) is 5.72. The van der Waals surface area contributed by atoms with Crippen LogP contribution in [0.15, 0.2) is 30.5 Å². The number of nitrogens with zero attached hydrogens (tertiary/aromatic N) is 1. The Morgan fingerprint density at radius 3 is 2.67 bits per heavy atom. The van der Waals surface area contributed by atoms with Gasteiger partial charge in [0, 0.05) is 30.2 Å². The quantitative estimate of drug-likeness (QED) is 0.533. The van der Waals surface area contributed by atoms with Crippen LogP contribution in [0.3, 0.4) is 0 Å². The summed E-state index contributed by atoms with van der Waals surface area (Å²) >= 11 is 0. The van der Waals surface area contributed by atoms with Crippen molar-refractivity contribution in [3.8, 4) is 0 Å². The Kier molecular flexibility index (Phi) is 3.82. The van der Waals surface area contributed by atoms with Gasteiger partial charge < -0.3 is 9.88 Å². The zero-order chi connectivity index (χ0) is 14.8. The Bertz CT molecular complexity index is 672. The molecule has 1 amide bonds.